The lowest BCUT2D eigenvalue weighted by molar-refractivity contribution is -0.128. The minimum Gasteiger partial charge on any atom is -0.388 e. The Morgan fingerprint density at radius 1 is 1.28 bits per heavy atom. The molecule has 1 saturated heterocycles. The number of rotatable bonds is 8. The molecule has 0 amide bonds. The Morgan fingerprint density at radius 2 is 1.90 bits per heavy atom. The maximum atomic E-state index is 15.2. The zero-order valence-corrected chi connectivity index (χ0v) is 17.1. The Labute approximate surface area is 165 Å². The Bertz CT molecular complexity index is 888. The molecular weight excluding hydrogens is 414 g/mol. The third-order valence-corrected chi connectivity index (χ3v) is 7.23. The third-order valence-electron chi connectivity index (χ3n) is 5.12. The molecule has 1 aliphatic rings. The highest BCUT2D eigenvalue weighted by Gasteiger charge is 2.52. The smallest absolute Gasteiger partial charge is 0.361 e. The van der Waals surface area contributed by atoms with Crippen molar-refractivity contribution in [1.82, 2.24) is 9.97 Å². The lowest BCUT2D eigenvalue weighted by Gasteiger charge is -2.34. The third kappa shape index (κ3) is 4.85. The second-order valence-electron chi connectivity index (χ2n) is 7.23. The number of aromatic amines is 2. The van der Waals surface area contributed by atoms with E-state index in [2.05, 4.69) is 4.98 Å². The zero-order valence-electron chi connectivity index (χ0n) is 16.2. The number of ether oxygens (including phenoxy) is 1. The highest BCUT2D eigenvalue weighted by atomic mass is 31.2. The van der Waals surface area contributed by atoms with Gasteiger partial charge < -0.3 is 29.9 Å². The molecule has 7 atom stereocenters. The lowest BCUT2D eigenvalue weighted by atomic mass is 9.99. The Hall–Kier alpha value is -1.40. The fourth-order valence-electron chi connectivity index (χ4n) is 2.87. The van der Waals surface area contributed by atoms with E-state index in [1.165, 1.54) is 13.8 Å². The van der Waals surface area contributed by atoms with E-state index in [-0.39, 0.29) is 12.0 Å². The van der Waals surface area contributed by atoms with Crippen LogP contribution in [0, 0.1) is 0 Å². The number of H-pyrrole nitrogens is 2. The van der Waals surface area contributed by atoms with Crippen LogP contribution in [-0.2, 0) is 13.8 Å². The van der Waals surface area contributed by atoms with Gasteiger partial charge in [-0.3, -0.25) is 18.9 Å². The van der Waals surface area contributed by atoms with Gasteiger partial charge >= 0.3 is 13.3 Å². The van der Waals surface area contributed by atoms with Gasteiger partial charge in [0, 0.05) is 19.0 Å². The zero-order chi connectivity index (χ0) is 22.2. The molecule has 1 fully saturated rings. The summed E-state index contributed by atoms with van der Waals surface area (Å²) in [5.41, 5.74) is -1.84. The summed E-state index contributed by atoms with van der Waals surface area (Å²) in [5.74, 6) is -2.78. The molecular formula is C16H26FN2O9P. The Kier molecular flexibility index (Phi) is 6.90. The normalized spacial score (nSPS) is 31.0. The Balaban J connectivity index is 2.24. The summed E-state index contributed by atoms with van der Waals surface area (Å²) in [6.45, 7) is 3.78. The molecule has 2 heterocycles. The van der Waals surface area contributed by atoms with Crippen LogP contribution in [0.2, 0.25) is 0 Å². The highest BCUT2D eigenvalue weighted by molar-refractivity contribution is 7.54. The summed E-state index contributed by atoms with van der Waals surface area (Å²) in [5, 5.41) is 28.3. The molecule has 0 saturated carbocycles. The lowest BCUT2D eigenvalue weighted by Crippen LogP contribution is -2.39. The predicted molar refractivity (Wildman–Crippen MR) is 97.9 cm³/mol. The average Bonchev–Trinajstić information content (AvgIpc) is 2.89. The van der Waals surface area contributed by atoms with Crippen LogP contribution in [0.1, 0.15) is 51.7 Å². The monoisotopic (exact) mass is 440 g/mol. The number of aromatic nitrogens is 2. The van der Waals surface area contributed by atoms with E-state index in [0.717, 1.165) is 13.1 Å². The van der Waals surface area contributed by atoms with Gasteiger partial charge in [-0.05, 0) is 13.3 Å². The molecule has 1 aromatic heterocycles. The summed E-state index contributed by atoms with van der Waals surface area (Å²) in [6, 6.07) is 0. The number of hydrogen-bond acceptors (Lipinski definition) is 8. The minimum atomic E-state index is -4.83. The summed E-state index contributed by atoms with van der Waals surface area (Å²) < 4.78 is 37.8. The number of nitrogens with one attached hydrogen (secondary N) is 2. The van der Waals surface area contributed by atoms with Gasteiger partial charge in [-0.2, -0.15) is 0 Å². The van der Waals surface area contributed by atoms with Gasteiger partial charge in [0.2, 0.25) is 5.85 Å². The van der Waals surface area contributed by atoms with Crippen molar-refractivity contribution < 1.29 is 38.4 Å². The van der Waals surface area contributed by atoms with E-state index in [1.54, 1.807) is 0 Å². The fraction of sp³-hybridized carbons (Fsp3) is 0.750. The van der Waals surface area contributed by atoms with Crippen molar-refractivity contribution in [2.45, 2.75) is 75.6 Å². The van der Waals surface area contributed by atoms with Gasteiger partial charge in [-0.15, -0.1) is 0 Å². The van der Waals surface area contributed by atoms with Crippen LogP contribution < -0.4 is 11.2 Å². The number of alkyl halides is 1. The highest BCUT2D eigenvalue weighted by Crippen LogP contribution is 2.59. The van der Waals surface area contributed by atoms with Crippen LogP contribution in [0.3, 0.4) is 0 Å². The molecule has 1 aromatic rings. The maximum Gasteiger partial charge on any atom is 0.361 e. The van der Waals surface area contributed by atoms with Crippen molar-refractivity contribution in [3.63, 3.8) is 0 Å². The van der Waals surface area contributed by atoms with Gasteiger partial charge in [0.05, 0.1) is 11.7 Å². The largest absolute Gasteiger partial charge is 0.388 e. The molecule has 1 aliphatic heterocycles. The first kappa shape index (κ1) is 23.9. The molecule has 29 heavy (non-hydrogen) atoms. The van der Waals surface area contributed by atoms with Crippen molar-refractivity contribution in [2.24, 2.45) is 0 Å². The van der Waals surface area contributed by atoms with Crippen LogP contribution >= 0.6 is 7.60 Å². The summed E-state index contributed by atoms with van der Waals surface area (Å²) >= 11 is 0. The fourth-order valence-corrected chi connectivity index (χ4v) is 4.12. The molecule has 0 spiro atoms. The number of aliphatic hydroxyl groups is 3. The SMILES string of the molecule is CC[C@](F)(C[C@H]1O[C@@H](c2c[nH]c(=O)[nH]c2=O)[C@H](O)[C@@H]1O)OP(=O)(O)[C@@](C)(O)CC. The molecule has 6 N–H and O–H groups in total. The quantitative estimate of drug-likeness (QED) is 0.303. The number of aliphatic hydroxyl groups excluding tert-OH is 2. The minimum absolute atomic E-state index is 0.182. The van der Waals surface area contributed by atoms with Gasteiger partial charge in [0.1, 0.15) is 18.3 Å². The molecule has 0 bridgehead atoms. The second-order valence-corrected chi connectivity index (χ2v) is 9.41. The van der Waals surface area contributed by atoms with Crippen LogP contribution in [0.15, 0.2) is 15.8 Å². The van der Waals surface area contributed by atoms with Crippen LogP contribution in [-0.4, -0.2) is 59.7 Å². The van der Waals surface area contributed by atoms with Gasteiger partial charge in [0.15, 0.2) is 5.34 Å². The summed E-state index contributed by atoms with van der Waals surface area (Å²) in [6.07, 6.45) is -6.43. The molecule has 166 valence electrons. The van der Waals surface area contributed by atoms with Crippen LogP contribution in [0.25, 0.3) is 0 Å². The Morgan fingerprint density at radius 3 is 2.41 bits per heavy atom. The number of halogens is 1. The van der Waals surface area contributed by atoms with Crippen molar-refractivity contribution >= 4 is 7.60 Å². The molecule has 2 rings (SSSR count). The van der Waals surface area contributed by atoms with Gasteiger partial charge in [-0.1, -0.05) is 13.8 Å². The second kappa shape index (κ2) is 8.38. The van der Waals surface area contributed by atoms with Crippen molar-refractivity contribution in [1.29, 1.82) is 0 Å². The first-order valence-corrected chi connectivity index (χ1v) is 10.6. The first-order chi connectivity index (χ1) is 13.3. The van der Waals surface area contributed by atoms with E-state index in [0.29, 0.717) is 0 Å². The van der Waals surface area contributed by atoms with Gasteiger partial charge in [0.25, 0.3) is 5.56 Å². The average molecular weight is 440 g/mol. The van der Waals surface area contributed by atoms with E-state index < -0.39 is 67.3 Å². The molecule has 0 aliphatic carbocycles. The van der Waals surface area contributed by atoms with E-state index in [9.17, 15) is 34.4 Å². The van der Waals surface area contributed by atoms with E-state index >= 15 is 4.39 Å². The molecule has 1 unspecified atom stereocenters. The first-order valence-electron chi connectivity index (χ1n) is 9.05. The van der Waals surface area contributed by atoms with Crippen molar-refractivity contribution in [2.75, 3.05) is 0 Å². The van der Waals surface area contributed by atoms with Crippen molar-refractivity contribution in [3.8, 4) is 0 Å². The van der Waals surface area contributed by atoms with Crippen LogP contribution in [0.4, 0.5) is 4.39 Å². The van der Waals surface area contributed by atoms with Crippen LogP contribution in [0.5, 0.6) is 0 Å². The standard InChI is InChI=1S/C16H26FN2O9P/c1-4-15(3,24)29(25,26)28-16(17,5-2)6-9-10(20)11(21)12(27-9)8-7-18-14(23)19-13(8)22/h7,9-12,20-21,24H,4-6H2,1-3H3,(H,25,26)(H2,18,19,22,23)/t9-,10-,11-,12+,15-,16-/m1/s1. The molecule has 0 aromatic carbocycles. The molecule has 0 radical (unpaired) electrons. The predicted octanol–water partition coefficient (Wildman–Crippen LogP) is 0.0113. The molecule has 11 nitrogen and oxygen atoms in total. The summed E-state index contributed by atoms with van der Waals surface area (Å²) in [4.78, 5) is 37.2. The maximum absolute atomic E-state index is 15.2. The molecule has 13 heteroatoms. The van der Waals surface area contributed by atoms with E-state index in [4.69, 9.17) is 9.26 Å². The van der Waals surface area contributed by atoms with Gasteiger partial charge in [-0.25, -0.2) is 9.18 Å². The topological polar surface area (TPSA) is 182 Å². The van der Waals surface area contributed by atoms with Crippen molar-refractivity contribution in [3.05, 3.63) is 32.6 Å². The van der Waals surface area contributed by atoms with E-state index in [1.807, 2.05) is 4.98 Å². The number of hydrogen-bond donors (Lipinski definition) is 6. The summed E-state index contributed by atoms with van der Waals surface area (Å²) in [7, 11) is -4.83.